The maximum Gasteiger partial charge on any atom is 0.269 e. The first-order valence-corrected chi connectivity index (χ1v) is 6.05. The van der Waals surface area contributed by atoms with Crippen LogP contribution in [0.2, 0.25) is 0 Å². The third-order valence-corrected chi connectivity index (χ3v) is 2.68. The third-order valence-electron chi connectivity index (χ3n) is 2.68. The summed E-state index contributed by atoms with van der Waals surface area (Å²) in [6.07, 6.45) is 0. The molecule has 0 radical (unpaired) electrons. The maximum atomic E-state index is 10.9. The number of nitrogens with one attached hydrogen (secondary N) is 1. The summed E-state index contributed by atoms with van der Waals surface area (Å²) in [7, 11) is 1.60. The molecule has 2 rings (SSSR count). The van der Waals surface area contributed by atoms with Crippen LogP contribution in [-0.2, 0) is 4.74 Å². The van der Waals surface area contributed by atoms with Crippen LogP contribution in [0.25, 0.3) is 0 Å². The zero-order chi connectivity index (χ0) is 14.5. The molecule has 20 heavy (non-hydrogen) atoms. The van der Waals surface area contributed by atoms with Crippen LogP contribution in [0.5, 0.6) is 0 Å². The Morgan fingerprint density at radius 3 is 2.70 bits per heavy atom. The molecule has 0 saturated carbocycles. The van der Waals surface area contributed by atoms with Gasteiger partial charge in [0.15, 0.2) is 5.69 Å². The molecule has 0 spiro atoms. The van der Waals surface area contributed by atoms with Gasteiger partial charge >= 0.3 is 0 Å². The molecule has 0 aliphatic rings. The van der Waals surface area contributed by atoms with Crippen molar-refractivity contribution < 1.29 is 13.9 Å². The van der Waals surface area contributed by atoms with Crippen molar-refractivity contribution in [3.8, 4) is 0 Å². The van der Waals surface area contributed by atoms with E-state index in [4.69, 9.17) is 14.9 Å². The smallest absolute Gasteiger partial charge is 0.269 e. The van der Waals surface area contributed by atoms with Gasteiger partial charge in [-0.05, 0) is 31.2 Å². The van der Waals surface area contributed by atoms with Crippen molar-refractivity contribution in [2.24, 2.45) is 5.73 Å². The first-order valence-electron chi connectivity index (χ1n) is 6.05. The van der Waals surface area contributed by atoms with Crippen molar-refractivity contribution >= 4 is 11.7 Å². The minimum atomic E-state index is -0.612. The van der Waals surface area contributed by atoms with E-state index in [-0.39, 0.29) is 11.7 Å². The fraction of sp³-hybridized carbons (Fsp3) is 0.308. The Labute approximate surface area is 116 Å². The Balaban J connectivity index is 2.13. The molecule has 0 aliphatic carbocycles. The molecule has 106 valence electrons. The fourth-order valence-electron chi connectivity index (χ4n) is 1.72. The van der Waals surface area contributed by atoms with Crippen molar-refractivity contribution in [3.05, 3.63) is 41.5 Å². The zero-order valence-electron chi connectivity index (χ0n) is 11.3. The average molecular weight is 276 g/mol. The van der Waals surface area contributed by atoms with Crippen molar-refractivity contribution in [2.75, 3.05) is 19.0 Å². The number of hydrogen-bond donors (Lipinski definition) is 2. The lowest BCUT2D eigenvalue weighted by molar-refractivity contribution is 0.0994. The van der Waals surface area contributed by atoms with E-state index in [0.29, 0.717) is 12.4 Å². The number of aryl methyl sites for hydroxylation is 1. The standard InChI is InChI=1S/C13H16N4O3/c1-8-3-5-11(20-8)10(7-19-2)15-12-6-4-9(13(14)18)16-17-12/h3-6,10H,7H2,1-2H3,(H2,14,18)(H,15,17). The number of furan rings is 1. The van der Waals surface area contributed by atoms with Crippen LogP contribution in [0.4, 0.5) is 5.82 Å². The second-order valence-electron chi connectivity index (χ2n) is 4.27. The number of anilines is 1. The Hall–Kier alpha value is -2.41. The Bertz CT molecular complexity index is 580. The molecule has 0 aliphatic heterocycles. The van der Waals surface area contributed by atoms with Gasteiger partial charge in [-0.25, -0.2) is 0 Å². The molecule has 2 heterocycles. The van der Waals surface area contributed by atoms with Crippen molar-refractivity contribution in [1.29, 1.82) is 0 Å². The maximum absolute atomic E-state index is 10.9. The lowest BCUT2D eigenvalue weighted by atomic mass is 10.2. The van der Waals surface area contributed by atoms with Gasteiger partial charge in [0.25, 0.3) is 5.91 Å². The second kappa shape index (κ2) is 6.16. The largest absolute Gasteiger partial charge is 0.464 e. The normalized spacial score (nSPS) is 12.1. The molecule has 0 fully saturated rings. The van der Waals surface area contributed by atoms with Crippen molar-refractivity contribution in [3.63, 3.8) is 0 Å². The van der Waals surface area contributed by atoms with E-state index in [2.05, 4.69) is 15.5 Å². The Morgan fingerprint density at radius 2 is 2.20 bits per heavy atom. The molecule has 7 nitrogen and oxygen atoms in total. The van der Waals surface area contributed by atoms with Gasteiger partial charge in [-0.3, -0.25) is 4.79 Å². The summed E-state index contributed by atoms with van der Waals surface area (Å²) in [5.74, 6) is 1.45. The summed E-state index contributed by atoms with van der Waals surface area (Å²) >= 11 is 0. The summed E-state index contributed by atoms with van der Waals surface area (Å²) < 4.78 is 10.7. The molecule has 0 bridgehead atoms. The molecule has 1 atom stereocenters. The molecule has 0 saturated heterocycles. The third kappa shape index (κ3) is 3.33. The van der Waals surface area contributed by atoms with Gasteiger partial charge in [0.2, 0.25) is 0 Å². The first-order chi connectivity index (χ1) is 9.60. The van der Waals surface area contributed by atoms with E-state index in [1.807, 2.05) is 19.1 Å². The number of carbonyl (C=O) groups excluding carboxylic acids is 1. The number of nitrogens with two attached hydrogens (primary N) is 1. The summed E-state index contributed by atoms with van der Waals surface area (Å²) in [5, 5.41) is 10.8. The number of amides is 1. The van der Waals surface area contributed by atoms with Crippen LogP contribution in [-0.4, -0.2) is 29.8 Å². The van der Waals surface area contributed by atoms with Gasteiger partial charge < -0.3 is 20.2 Å². The predicted octanol–water partition coefficient (Wildman–Crippen LogP) is 1.28. The molecular formula is C13H16N4O3. The van der Waals surface area contributed by atoms with Gasteiger partial charge in [0, 0.05) is 7.11 Å². The monoisotopic (exact) mass is 276 g/mol. The summed E-state index contributed by atoms with van der Waals surface area (Å²) in [5.41, 5.74) is 5.23. The number of aromatic nitrogens is 2. The molecule has 0 aromatic carbocycles. The number of hydrogen-bond acceptors (Lipinski definition) is 6. The molecule has 1 amide bonds. The van der Waals surface area contributed by atoms with Gasteiger partial charge in [0.05, 0.1) is 6.61 Å². The van der Waals surface area contributed by atoms with E-state index in [0.717, 1.165) is 11.5 Å². The van der Waals surface area contributed by atoms with Crippen molar-refractivity contribution in [2.45, 2.75) is 13.0 Å². The van der Waals surface area contributed by atoms with Crippen LogP contribution in [0.1, 0.15) is 28.1 Å². The first kappa shape index (κ1) is 14.0. The number of primary amides is 1. The number of carbonyl (C=O) groups is 1. The minimum absolute atomic E-state index is 0.118. The number of nitrogens with zero attached hydrogens (tertiary/aromatic N) is 2. The molecule has 1 unspecified atom stereocenters. The molecule has 3 N–H and O–H groups in total. The lowest BCUT2D eigenvalue weighted by Crippen LogP contribution is -2.18. The van der Waals surface area contributed by atoms with E-state index in [1.54, 1.807) is 13.2 Å². The van der Waals surface area contributed by atoms with Crippen molar-refractivity contribution in [1.82, 2.24) is 10.2 Å². The molecule has 2 aromatic rings. The van der Waals surface area contributed by atoms with Gasteiger partial charge in [-0.1, -0.05) is 0 Å². The highest BCUT2D eigenvalue weighted by molar-refractivity contribution is 5.90. The quantitative estimate of drug-likeness (QED) is 0.823. The van der Waals surface area contributed by atoms with Crippen LogP contribution in [0.3, 0.4) is 0 Å². The van der Waals surface area contributed by atoms with E-state index >= 15 is 0 Å². The number of rotatable bonds is 6. The fourth-order valence-corrected chi connectivity index (χ4v) is 1.72. The van der Waals surface area contributed by atoms with E-state index in [9.17, 15) is 4.79 Å². The van der Waals surface area contributed by atoms with E-state index < -0.39 is 5.91 Å². The SMILES string of the molecule is COCC(Nc1ccc(C(N)=O)nn1)c1ccc(C)o1. The minimum Gasteiger partial charge on any atom is -0.464 e. The van der Waals surface area contributed by atoms with E-state index in [1.165, 1.54) is 6.07 Å². The van der Waals surface area contributed by atoms with Gasteiger partial charge in [-0.15, -0.1) is 10.2 Å². The van der Waals surface area contributed by atoms with Gasteiger partial charge in [-0.2, -0.15) is 0 Å². The van der Waals surface area contributed by atoms with Crippen LogP contribution < -0.4 is 11.1 Å². The highest BCUT2D eigenvalue weighted by atomic mass is 16.5. The molecular weight excluding hydrogens is 260 g/mol. The van der Waals surface area contributed by atoms with Crippen LogP contribution in [0.15, 0.2) is 28.7 Å². The highest BCUT2D eigenvalue weighted by Crippen LogP contribution is 2.20. The Kier molecular flexibility index (Phi) is 4.31. The molecule has 7 heteroatoms. The summed E-state index contributed by atoms with van der Waals surface area (Å²) in [4.78, 5) is 10.9. The van der Waals surface area contributed by atoms with Crippen LogP contribution in [0, 0.1) is 6.92 Å². The number of methoxy groups -OCH3 is 1. The van der Waals surface area contributed by atoms with Gasteiger partial charge in [0.1, 0.15) is 23.4 Å². The topological polar surface area (TPSA) is 103 Å². The molecule has 2 aromatic heterocycles. The summed E-state index contributed by atoms with van der Waals surface area (Å²) in [6, 6.07) is 6.70. The van der Waals surface area contributed by atoms with Crippen LogP contribution >= 0.6 is 0 Å². The predicted molar refractivity (Wildman–Crippen MR) is 72.2 cm³/mol. The Morgan fingerprint density at radius 1 is 1.40 bits per heavy atom. The number of ether oxygens (including phenoxy) is 1. The lowest BCUT2D eigenvalue weighted by Gasteiger charge is -2.15. The highest BCUT2D eigenvalue weighted by Gasteiger charge is 2.16. The summed E-state index contributed by atoms with van der Waals surface area (Å²) in [6.45, 7) is 2.28. The second-order valence-corrected chi connectivity index (χ2v) is 4.27. The average Bonchev–Trinajstić information content (AvgIpc) is 2.85. The zero-order valence-corrected chi connectivity index (χ0v) is 11.3.